The fourth-order valence-corrected chi connectivity index (χ4v) is 2.56. The van der Waals surface area contributed by atoms with E-state index in [2.05, 4.69) is 0 Å². The van der Waals surface area contributed by atoms with Crippen molar-refractivity contribution in [3.63, 3.8) is 0 Å². The Balaban J connectivity index is 1.68. The first-order valence-corrected chi connectivity index (χ1v) is 7.66. The molecule has 0 aliphatic heterocycles. The molecule has 21 heavy (non-hydrogen) atoms. The summed E-state index contributed by atoms with van der Waals surface area (Å²) in [6, 6.07) is 5.67. The monoisotopic (exact) mass is 290 g/mol. The first kappa shape index (κ1) is 15.5. The minimum absolute atomic E-state index is 0.127. The molecule has 0 atom stereocenters. The van der Waals surface area contributed by atoms with Crippen LogP contribution in [0, 0.1) is 0 Å². The summed E-state index contributed by atoms with van der Waals surface area (Å²) in [6.45, 7) is 2.88. The summed E-state index contributed by atoms with van der Waals surface area (Å²) in [4.78, 5) is 22.8. The third-order valence-corrected chi connectivity index (χ3v) is 3.62. The standard InChI is InChI=1S/C17H22O4/c1-2-20-17(19)9-4-3-5-12-21-16-8-6-7-13-14(16)10-11-15(13)18/h6-8H,2-5,9-12H2,1H3. The predicted octanol–water partition coefficient (Wildman–Crippen LogP) is 3.32. The molecule has 0 amide bonds. The summed E-state index contributed by atoms with van der Waals surface area (Å²) in [5.74, 6) is 0.923. The minimum Gasteiger partial charge on any atom is -0.493 e. The number of rotatable bonds is 8. The Morgan fingerprint density at radius 3 is 2.86 bits per heavy atom. The topological polar surface area (TPSA) is 52.6 Å². The molecule has 0 N–H and O–H groups in total. The summed E-state index contributed by atoms with van der Waals surface area (Å²) in [5.41, 5.74) is 1.86. The van der Waals surface area contributed by atoms with Crippen LogP contribution in [0.2, 0.25) is 0 Å². The summed E-state index contributed by atoms with van der Waals surface area (Å²) in [5, 5.41) is 0. The maximum absolute atomic E-state index is 11.7. The van der Waals surface area contributed by atoms with Crippen molar-refractivity contribution in [1.82, 2.24) is 0 Å². The van der Waals surface area contributed by atoms with Crippen LogP contribution in [0.25, 0.3) is 0 Å². The molecule has 114 valence electrons. The average Bonchev–Trinajstić information content (AvgIpc) is 2.85. The molecule has 0 unspecified atom stereocenters. The molecular weight excluding hydrogens is 268 g/mol. The minimum atomic E-state index is -0.127. The van der Waals surface area contributed by atoms with Gasteiger partial charge in [-0.15, -0.1) is 0 Å². The number of ketones is 1. The van der Waals surface area contributed by atoms with Crippen LogP contribution >= 0.6 is 0 Å². The molecule has 1 aromatic rings. The van der Waals surface area contributed by atoms with Crippen LogP contribution in [0.3, 0.4) is 0 Å². The number of hydrogen-bond acceptors (Lipinski definition) is 4. The van der Waals surface area contributed by atoms with Crippen molar-refractivity contribution in [3.8, 4) is 5.75 Å². The first-order chi connectivity index (χ1) is 10.2. The number of benzene rings is 1. The van der Waals surface area contributed by atoms with Crippen LogP contribution in [-0.2, 0) is 16.0 Å². The molecule has 4 heteroatoms. The van der Waals surface area contributed by atoms with Crippen LogP contribution in [0.4, 0.5) is 0 Å². The quantitative estimate of drug-likeness (QED) is 0.544. The number of hydrogen-bond donors (Lipinski definition) is 0. The molecule has 0 aromatic heterocycles. The van der Waals surface area contributed by atoms with Crippen LogP contribution < -0.4 is 4.74 Å². The highest BCUT2D eigenvalue weighted by molar-refractivity contribution is 6.01. The first-order valence-electron chi connectivity index (χ1n) is 7.66. The second-order valence-corrected chi connectivity index (χ2v) is 5.17. The van der Waals surface area contributed by atoms with E-state index in [0.717, 1.165) is 42.6 Å². The number of esters is 1. The molecule has 2 rings (SSSR count). The zero-order valence-electron chi connectivity index (χ0n) is 12.5. The van der Waals surface area contributed by atoms with E-state index in [0.29, 0.717) is 26.1 Å². The Bertz CT molecular complexity index is 508. The molecule has 0 bridgehead atoms. The molecule has 0 saturated heterocycles. The maximum atomic E-state index is 11.7. The zero-order chi connectivity index (χ0) is 15.1. The second kappa shape index (κ2) is 7.81. The van der Waals surface area contributed by atoms with Crippen molar-refractivity contribution >= 4 is 11.8 Å². The van der Waals surface area contributed by atoms with E-state index >= 15 is 0 Å². The lowest BCUT2D eigenvalue weighted by molar-refractivity contribution is -0.143. The van der Waals surface area contributed by atoms with Crippen molar-refractivity contribution in [1.29, 1.82) is 0 Å². The molecule has 0 spiro atoms. The van der Waals surface area contributed by atoms with Crippen LogP contribution in [0.1, 0.15) is 54.9 Å². The molecule has 4 nitrogen and oxygen atoms in total. The van der Waals surface area contributed by atoms with Crippen molar-refractivity contribution in [3.05, 3.63) is 29.3 Å². The Morgan fingerprint density at radius 2 is 2.05 bits per heavy atom. The Morgan fingerprint density at radius 1 is 1.19 bits per heavy atom. The van der Waals surface area contributed by atoms with Gasteiger partial charge in [-0.2, -0.15) is 0 Å². The van der Waals surface area contributed by atoms with Gasteiger partial charge in [0.15, 0.2) is 5.78 Å². The van der Waals surface area contributed by atoms with Crippen LogP contribution in [0.5, 0.6) is 5.75 Å². The van der Waals surface area contributed by atoms with Gasteiger partial charge in [0, 0.05) is 24.0 Å². The lowest BCUT2D eigenvalue weighted by Gasteiger charge is -2.10. The molecule has 0 saturated carbocycles. The summed E-state index contributed by atoms with van der Waals surface area (Å²) < 4.78 is 10.7. The Labute approximate surface area is 125 Å². The lowest BCUT2D eigenvalue weighted by Crippen LogP contribution is -2.04. The van der Waals surface area contributed by atoms with E-state index in [9.17, 15) is 9.59 Å². The molecule has 1 aromatic carbocycles. The van der Waals surface area contributed by atoms with Gasteiger partial charge < -0.3 is 9.47 Å². The summed E-state index contributed by atoms with van der Waals surface area (Å²) in [6.07, 6.45) is 4.52. The van der Waals surface area contributed by atoms with Crippen LogP contribution in [-0.4, -0.2) is 25.0 Å². The maximum Gasteiger partial charge on any atom is 0.305 e. The SMILES string of the molecule is CCOC(=O)CCCCCOc1cccc2c1CCC2=O. The highest BCUT2D eigenvalue weighted by atomic mass is 16.5. The highest BCUT2D eigenvalue weighted by Crippen LogP contribution is 2.30. The molecule has 1 aliphatic rings. The van der Waals surface area contributed by atoms with Crippen molar-refractivity contribution in [2.45, 2.75) is 45.4 Å². The van der Waals surface area contributed by atoms with E-state index in [1.165, 1.54) is 0 Å². The number of Topliss-reactive ketones (excluding diaryl/α,β-unsaturated/α-hetero) is 1. The van der Waals surface area contributed by atoms with Crippen molar-refractivity contribution < 1.29 is 19.1 Å². The van der Waals surface area contributed by atoms with Gasteiger partial charge in [-0.1, -0.05) is 12.1 Å². The Kier molecular flexibility index (Phi) is 5.78. The predicted molar refractivity (Wildman–Crippen MR) is 79.7 cm³/mol. The fourth-order valence-electron chi connectivity index (χ4n) is 2.56. The third kappa shape index (κ3) is 4.31. The molecule has 0 radical (unpaired) electrons. The van der Waals surface area contributed by atoms with Gasteiger partial charge in [-0.25, -0.2) is 0 Å². The third-order valence-electron chi connectivity index (χ3n) is 3.62. The highest BCUT2D eigenvalue weighted by Gasteiger charge is 2.22. The van der Waals surface area contributed by atoms with E-state index in [4.69, 9.17) is 9.47 Å². The molecule has 0 heterocycles. The second-order valence-electron chi connectivity index (χ2n) is 5.17. The van der Waals surface area contributed by atoms with E-state index < -0.39 is 0 Å². The van der Waals surface area contributed by atoms with E-state index in [-0.39, 0.29) is 11.8 Å². The smallest absolute Gasteiger partial charge is 0.305 e. The average molecular weight is 290 g/mol. The van der Waals surface area contributed by atoms with Gasteiger partial charge in [0.1, 0.15) is 5.75 Å². The van der Waals surface area contributed by atoms with Gasteiger partial charge in [-0.3, -0.25) is 9.59 Å². The van der Waals surface area contributed by atoms with Crippen molar-refractivity contribution in [2.75, 3.05) is 13.2 Å². The fraction of sp³-hybridized carbons (Fsp3) is 0.529. The Hall–Kier alpha value is -1.84. The van der Waals surface area contributed by atoms with E-state index in [1.54, 1.807) is 0 Å². The summed E-state index contributed by atoms with van der Waals surface area (Å²) in [7, 11) is 0. The van der Waals surface area contributed by atoms with E-state index in [1.807, 2.05) is 25.1 Å². The molecule has 1 aliphatic carbocycles. The molecule has 0 fully saturated rings. The van der Waals surface area contributed by atoms with Crippen molar-refractivity contribution in [2.24, 2.45) is 0 Å². The lowest BCUT2D eigenvalue weighted by atomic mass is 10.1. The largest absolute Gasteiger partial charge is 0.493 e. The normalized spacial score (nSPS) is 13.1. The number of unbranched alkanes of at least 4 members (excludes halogenated alkanes) is 2. The zero-order valence-corrected chi connectivity index (χ0v) is 12.5. The number of fused-ring (bicyclic) bond motifs is 1. The summed E-state index contributed by atoms with van der Waals surface area (Å²) >= 11 is 0. The molecular formula is C17H22O4. The van der Waals surface area contributed by atoms with Gasteiger partial charge in [0.2, 0.25) is 0 Å². The number of carbonyl (C=O) groups is 2. The van der Waals surface area contributed by atoms with Crippen LogP contribution in [0.15, 0.2) is 18.2 Å². The number of carbonyl (C=O) groups excluding carboxylic acids is 2. The number of ether oxygens (including phenoxy) is 2. The van der Waals surface area contributed by atoms with Gasteiger partial charge >= 0.3 is 5.97 Å². The van der Waals surface area contributed by atoms with Gasteiger partial charge in [0.25, 0.3) is 0 Å². The van der Waals surface area contributed by atoms with Gasteiger partial charge in [0.05, 0.1) is 13.2 Å². The van der Waals surface area contributed by atoms with Gasteiger partial charge in [-0.05, 0) is 38.7 Å².